The average molecular weight is 639 g/mol. The van der Waals surface area contributed by atoms with Crippen LogP contribution in [0.5, 0.6) is 0 Å². The first kappa shape index (κ1) is 30.9. The van der Waals surface area contributed by atoms with E-state index < -0.39 is 68.6 Å². The summed E-state index contributed by atoms with van der Waals surface area (Å²) in [5.41, 5.74) is 5.76. The molecular weight excluding hydrogens is 603 g/mol. The van der Waals surface area contributed by atoms with Gasteiger partial charge in [-0.25, -0.2) is 29.0 Å². The lowest BCUT2D eigenvalue weighted by Gasteiger charge is -2.30. The summed E-state index contributed by atoms with van der Waals surface area (Å²) < 4.78 is 48.5. The van der Waals surface area contributed by atoms with Crippen LogP contribution in [0, 0.1) is 6.92 Å². The number of aliphatic hydroxyl groups is 2. The fourth-order valence-electron chi connectivity index (χ4n) is 5.80. The second kappa shape index (κ2) is 12.4. The molecule has 0 radical (unpaired) electrons. The zero-order chi connectivity index (χ0) is 31.2. The number of hydrogen-bond donors (Lipinski definition) is 4. The number of fused-ring (bicyclic) bond motifs is 1. The largest absolute Gasteiger partial charge is 0.408 e. The minimum Gasteiger partial charge on any atom is -0.394 e. The highest BCUT2D eigenvalue weighted by Crippen LogP contribution is 2.57. The van der Waals surface area contributed by atoms with Gasteiger partial charge in [-0.3, -0.25) is 28.0 Å². The van der Waals surface area contributed by atoms with Gasteiger partial charge in [-0.1, -0.05) is 0 Å². The fourth-order valence-corrected chi connectivity index (χ4v) is 7.83. The van der Waals surface area contributed by atoms with E-state index in [9.17, 15) is 24.4 Å². The first-order chi connectivity index (χ1) is 21.1. The van der Waals surface area contributed by atoms with Gasteiger partial charge in [-0.2, -0.15) is 0 Å². The van der Waals surface area contributed by atoms with Crippen LogP contribution in [-0.4, -0.2) is 108 Å². The second-order valence-electron chi connectivity index (χ2n) is 10.9. The smallest absolute Gasteiger partial charge is 0.394 e. The first-order valence-electron chi connectivity index (χ1n) is 14.2. The fraction of sp³-hybridized carbons (Fsp3) is 0.640. The van der Waals surface area contributed by atoms with E-state index in [1.807, 2.05) is 0 Å². The number of aromatic nitrogens is 6. The molecule has 5 N–H and O–H groups in total. The average Bonchev–Trinajstić information content (AvgIpc) is 3.80. The van der Waals surface area contributed by atoms with E-state index in [0.29, 0.717) is 29.8 Å². The van der Waals surface area contributed by atoms with Gasteiger partial charge in [0.1, 0.15) is 48.6 Å². The van der Waals surface area contributed by atoms with Crippen LogP contribution >= 0.6 is 7.75 Å². The predicted molar refractivity (Wildman–Crippen MR) is 151 cm³/mol. The van der Waals surface area contributed by atoms with E-state index in [2.05, 4.69) is 19.9 Å². The Labute approximate surface area is 250 Å². The molecule has 3 fully saturated rings. The Balaban J connectivity index is 1.20. The number of nitrogens with zero attached hydrogens (tertiary/aromatic N) is 6. The SMILES string of the molecule is CO[C@@H]1C(O)[C@@H](COP(=O)(OC2C[C@H](n3cc(C)c(=O)[nH]c3=O)O[C@@H]2CO)N2CCCC2)O[C@H]1n1cnc2c(N)ncnc21. The molecular formula is C25H35N8O10P. The van der Waals surface area contributed by atoms with Crippen molar-refractivity contribution in [1.82, 2.24) is 33.7 Å². The quantitative estimate of drug-likeness (QED) is 0.204. The van der Waals surface area contributed by atoms with Crippen LogP contribution < -0.4 is 17.0 Å². The third-order valence-corrected chi connectivity index (χ3v) is 10.3. The number of H-pyrrole nitrogens is 1. The molecule has 0 aromatic carbocycles. The molecule has 0 amide bonds. The number of nitrogens with one attached hydrogen (secondary N) is 1. The zero-order valence-electron chi connectivity index (χ0n) is 24.1. The van der Waals surface area contributed by atoms with Crippen LogP contribution in [0.15, 0.2) is 28.4 Å². The maximum absolute atomic E-state index is 14.4. The van der Waals surface area contributed by atoms with E-state index in [1.54, 1.807) is 16.2 Å². The summed E-state index contributed by atoms with van der Waals surface area (Å²) in [6.07, 6.45) is -0.932. The van der Waals surface area contributed by atoms with Crippen molar-refractivity contribution in [3.05, 3.63) is 45.3 Å². The number of rotatable bonds is 10. The first-order valence-corrected chi connectivity index (χ1v) is 15.7. The summed E-state index contributed by atoms with van der Waals surface area (Å²) in [6, 6.07) is 0. The third-order valence-electron chi connectivity index (χ3n) is 8.16. The molecule has 19 heteroatoms. The Morgan fingerprint density at radius 2 is 1.93 bits per heavy atom. The van der Waals surface area contributed by atoms with E-state index in [0.717, 1.165) is 12.8 Å². The van der Waals surface area contributed by atoms with Crippen molar-refractivity contribution >= 4 is 24.7 Å². The number of anilines is 1. The normalized spacial score (nSPS) is 30.8. The van der Waals surface area contributed by atoms with Gasteiger partial charge in [-0.15, -0.1) is 0 Å². The molecule has 44 heavy (non-hydrogen) atoms. The zero-order valence-corrected chi connectivity index (χ0v) is 25.0. The Kier molecular flexibility index (Phi) is 8.71. The van der Waals surface area contributed by atoms with Gasteiger partial charge in [0.05, 0.1) is 19.5 Å². The van der Waals surface area contributed by atoms with E-state index in [-0.39, 0.29) is 18.8 Å². The van der Waals surface area contributed by atoms with Crippen molar-refractivity contribution in [2.45, 2.75) is 69.2 Å². The lowest BCUT2D eigenvalue weighted by molar-refractivity contribution is -0.0614. The van der Waals surface area contributed by atoms with Crippen LogP contribution in [0.2, 0.25) is 0 Å². The maximum atomic E-state index is 14.4. The Morgan fingerprint density at radius 3 is 2.66 bits per heavy atom. The van der Waals surface area contributed by atoms with Crippen molar-refractivity contribution in [2.24, 2.45) is 0 Å². The number of aromatic amines is 1. The number of aliphatic hydroxyl groups excluding tert-OH is 2. The summed E-state index contributed by atoms with van der Waals surface area (Å²) in [5.74, 6) is 0.185. The summed E-state index contributed by atoms with van der Waals surface area (Å²) >= 11 is 0. The monoisotopic (exact) mass is 638 g/mol. The van der Waals surface area contributed by atoms with Crippen LogP contribution in [0.25, 0.3) is 11.2 Å². The predicted octanol–water partition coefficient (Wildman–Crippen LogP) is -0.574. The lowest BCUT2D eigenvalue weighted by atomic mass is 10.1. The van der Waals surface area contributed by atoms with Gasteiger partial charge < -0.3 is 30.2 Å². The molecule has 18 nitrogen and oxygen atoms in total. The third kappa shape index (κ3) is 5.61. The molecule has 0 saturated carbocycles. The Bertz CT molecular complexity index is 1660. The summed E-state index contributed by atoms with van der Waals surface area (Å²) in [5, 5.41) is 21.2. The van der Waals surface area contributed by atoms with E-state index in [1.165, 1.54) is 30.5 Å². The standard InChI is InChI=1S/C25H35N8O10P/c1-13-8-32(25(37)30-23(13)36)17-7-14(15(9-34)41-17)43-44(38,31-5-3-4-6-31)40-10-16-19(35)20(39-2)24(42-16)33-12-29-18-21(26)27-11-28-22(18)33/h8,11-12,14-17,19-20,24,34-35H,3-7,9-10H2,1-2H3,(H2,26,27,28)(H,30,36,37)/t14?,15-,16-,17-,19?,20-,24-,44?/m1/s1. The number of hydrogen-bond acceptors (Lipinski definition) is 14. The molecule has 3 aliphatic heterocycles. The number of nitrogen functional groups attached to an aromatic ring is 1. The molecule has 8 atom stereocenters. The summed E-state index contributed by atoms with van der Waals surface area (Å²) in [6.45, 7) is 1.63. The van der Waals surface area contributed by atoms with Gasteiger partial charge in [0, 0.05) is 38.4 Å². The molecule has 3 unspecified atom stereocenters. The molecule has 3 aromatic heterocycles. The molecule has 0 aliphatic carbocycles. The number of aryl methyl sites for hydroxylation is 1. The van der Waals surface area contributed by atoms with Gasteiger partial charge in [0.2, 0.25) is 0 Å². The minimum atomic E-state index is -4.04. The summed E-state index contributed by atoms with van der Waals surface area (Å²) in [4.78, 5) is 39.0. The van der Waals surface area contributed by atoms with Gasteiger partial charge in [-0.05, 0) is 19.8 Å². The number of ether oxygens (including phenoxy) is 3. The molecule has 0 spiro atoms. The van der Waals surface area contributed by atoms with E-state index in [4.69, 9.17) is 29.0 Å². The van der Waals surface area contributed by atoms with Crippen molar-refractivity contribution in [2.75, 3.05) is 39.1 Å². The molecule has 240 valence electrons. The van der Waals surface area contributed by atoms with Gasteiger partial charge in [0.15, 0.2) is 17.7 Å². The van der Waals surface area contributed by atoms with Crippen LogP contribution in [-0.2, 0) is 27.8 Å². The topological polar surface area (TPSA) is 231 Å². The molecule has 3 aliphatic rings. The minimum absolute atomic E-state index is 0.0485. The second-order valence-corrected chi connectivity index (χ2v) is 12.9. The Morgan fingerprint density at radius 1 is 1.16 bits per heavy atom. The lowest BCUT2D eigenvalue weighted by Crippen LogP contribution is -2.36. The number of methoxy groups -OCH3 is 1. The van der Waals surface area contributed by atoms with Crippen molar-refractivity contribution in [1.29, 1.82) is 0 Å². The number of nitrogens with two attached hydrogens (primary N) is 1. The number of imidazole rings is 1. The van der Waals surface area contributed by atoms with E-state index >= 15 is 0 Å². The van der Waals surface area contributed by atoms with Gasteiger partial charge >= 0.3 is 13.4 Å². The van der Waals surface area contributed by atoms with Crippen molar-refractivity contribution in [3.8, 4) is 0 Å². The molecule has 3 aromatic rings. The highest BCUT2D eigenvalue weighted by Gasteiger charge is 2.49. The maximum Gasteiger partial charge on any atom is 0.408 e. The van der Waals surface area contributed by atoms with Crippen molar-refractivity contribution < 1.29 is 38.0 Å². The van der Waals surface area contributed by atoms with Crippen molar-refractivity contribution in [3.63, 3.8) is 0 Å². The molecule has 0 bridgehead atoms. The molecule has 6 rings (SSSR count). The molecule has 3 saturated heterocycles. The highest BCUT2D eigenvalue weighted by atomic mass is 31.2. The Hall–Kier alpha value is -3.06. The van der Waals surface area contributed by atoms with Crippen LogP contribution in [0.1, 0.15) is 37.3 Å². The highest BCUT2D eigenvalue weighted by molar-refractivity contribution is 7.51. The summed E-state index contributed by atoms with van der Waals surface area (Å²) in [7, 11) is -2.61. The van der Waals surface area contributed by atoms with Crippen LogP contribution in [0.4, 0.5) is 5.82 Å². The molecule has 6 heterocycles. The van der Waals surface area contributed by atoms with Crippen LogP contribution in [0.3, 0.4) is 0 Å². The van der Waals surface area contributed by atoms with Gasteiger partial charge in [0.25, 0.3) is 5.56 Å².